The monoisotopic (exact) mass is 243 g/mol. The third-order valence-electron chi connectivity index (χ3n) is 3.90. The maximum absolute atomic E-state index is 10.4. The molecule has 0 radical (unpaired) electrons. The maximum atomic E-state index is 10.4. The van der Waals surface area contributed by atoms with Crippen LogP contribution >= 0.6 is 0 Å². The lowest BCUT2D eigenvalue weighted by Crippen LogP contribution is -2.56. The first kappa shape index (κ1) is 14.9. The normalized spacial score (nSPS) is 20.8. The van der Waals surface area contributed by atoms with Crippen molar-refractivity contribution in [1.82, 2.24) is 4.90 Å². The summed E-state index contributed by atoms with van der Waals surface area (Å²) in [4.78, 5) is 2.36. The Kier molecular flexibility index (Phi) is 5.90. The van der Waals surface area contributed by atoms with Crippen molar-refractivity contribution in [1.29, 1.82) is 0 Å². The zero-order valence-electron chi connectivity index (χ0n) is 11.9. The zero-order chi connectivity index (χ0) is 12.9. The van der Waals surface area contributed by atoms with Crippen LogP contribution in [-0.4, -0.2) is 48.0 Å². The first-order chi connectivity index (χ1) is 7.94. The highest BCUT2D eigenvalue weighted by molar-refractivity contribution is 4.89. The molecule has 0 aromatic rings. The molecule has 0 saturated carbocycles. The molecule has 1 heterocycles. The van der Waals surface area contributed by atoms with Crippen LogP contribution in [-0.2, 0) is 4.74 Å². The minimum absolute atomic E-state index is 0.124. The van der Waals surface area contributed by atoms with Crippen LogP contribution in [0.25, 0.3) is 0 Å². The van der Waals surface area contributed by atoms with Gasteiger partial charge in [-0.25, -0.2) is 0 Å². The second kappa shape index (κ2) is 6.72. The summed E-state index contributed by atoms with van der Waals surface area (Å²) in [5.74, 6) is 0.730. The molecule has 0 aliphatic carbocycles. The summed E-state index contributed by atoms with van der Waals surface area (Å²) < 4.78 is 5.36. The molecule has 3 heteroatoms. The van der Waals surface area contributed by atoms with Crippen LogP contribution < -0.4 is 0 Å². The number of rotatable bonds is 6. The number of ether oxygens (including phenoxy) is 1. The van der Waals surface area contributed by atoms with E-state index in [0.717, 1.165) is 45.1 Å². The lowest BCUT2D eigenvalue weighted by atomic mass is 9.89. The molecule has 1 aliphatic heterocycles. The molecule has 1 N–H and O–H groups in total. The molecule has 0 aromatic heterocycles. The second-order valence-corrected chi connectivity index (χ2v) is 6.09. The molecule has 1 fully saturated rings. The van der Waals surface area contributed by atoms with Crippen molar-refractivity contribution in [2.75, 3.05) is 26.3 Å². The summed E-state index contributed by atoms with van der Waals surface area (Å²) in [5.41, 5.74) is -0.124. The molecule has 3 nitrogen and oxygen atoms in total. The van der Waals surface area contributed by atoms with E-state index in [9.17, 15) is 5.11 Å². The fourth-order valence-electron chi connectivity index (χ4n) is 2.42. The summed E-state index contributed by atoms with van der Waals surface area (Å²) >= 11 is 0. The van der Waals surface area contributed by atoms with Gasteiger partial charge in [0.1, 0.15) is 0 Å². The van der Waals surface area contributed by atoms with Gasteiger partial charge in [-0.2, -0.15) is 0 Å². The van der Waals surface area contributed by atoms with Gasteiger partial charge in [0.2, 0.25) is 0 Å². The van der Waals surface area contributed by atoms with Crippen molar-refractivity contribution < 1.29 is 9.84 Å². The fraction of sp³-hybridized carbons (Fsp3) is 1.00. The number of aliphatic hydroxyl groups excluding tert-OH is 1. The molecule has 0 bridgehead atoms. The quantitative estimate of drug-likeness (QED) is 0.777. The molecule has 1 unspecified atom stereocenters. The standard InChI is InChI=1S/C14H29NO2/c1-12(2)6-5-7-13(16)14(3,4)15-8-10-17-11-9-15/h12-13,16H,5-11H2,1-4H3. The van der Waals surface area contributed by atoms with Crippen LogP contribution in [0.2, 0.25) is 0 Å². The van der Waals surface area contributed by atoms with Gasteiger partial charge in [0.25, 0.3) is 0 Å². The molecule has 0 aromatic carbocycles. The summed E-state index contributed by atoms with van der Waals surface area (Å²) in [6, 6.07) is 0. The molecule has 1 aliphatic rings. The number of hydrogen-bond donors (Lipinski definition) is 1. The third kappa shape index (κ3) is 4.57. The topological polar surface area (TPSA) is 32.7 Å². The highest BCUT2D eigenvalue weighted by Gasteiger charge is 2.34. The summed E-state index contributed by atoms with van der Waals surface area (Å²) in [7, 11) is 0. The molecule has 17 heavy (non-hydrogen) atoms. The van der Waals surface area contributed by atoms with Gasteiger partial charge < -0.3 is 9.84 Å². The van der Waals surface area contributed by atoms with Gasteiger partial charge in [-0.05, 0) is 26.2 Å². The van der Waals surface area contributed by atoms with Crippen molar-refractivity contribution in [2.24, 2.45) is 5.92 Å². The van der Waals surface area contributed by atoms with Crippen LogP contribution in [0.3, 0.4) is 0 Å². The lowest BCUT2D eigenvalue weighted by molar-refractivity contribution is -0.0644. The Morgan fingerprint density at radius 2 is 1.76 bits per heavy atom. The molecule has 1 saturated heterocycles. The average Bonchev–Trinajstić information content (AvgIpc) is 2.29. The third-order valence-corrected chi connectivity index (χ3v) is 3.90. The predicted octanol–water partition coefficient (Wildman–Crippen LogP) is 2.28. The van der Waals surface area contributed by atoms with E-state index in [-0.39, 0.29) is 11.6 Å². The molecule has 102 valence electrons. The Bertz CT molecular complexity index is 210. The Morgan fingerprint density at radius 3 is 2.29 bits per heavy atom. The maximum Gasteiger partial charge on any atom is 0.0718 e. The van der Waals surface area contributed by atoms with E-state index in [2.05, 4.69) is 32.6 Å². The molecule has 1 rings (SSSR count). The largest absolute Gasteiger partial charge is 0.391 e. The van der Waals surface area contributed by atoms with Crippen molar-refractivity contribution >= 4 is 0 Å². The first-order valence-corrected chi connectivity index (χ1v) is 6.95. The first-order valence-electron chi connectivity index (χ1n) is 6.95. The van der Waals surface area contributed by atoms with Crippen molar-refractivity contribution in [3.63, 3.8) is 0 Å². The SMILES string of the molecule is CC(C)CCCC(O)C(C)(C)N1CCOCC1. The van der Waals surface area contributed by atoms with Gasteiger partial charge in [-0.1, -0.05) is 26.7 Å². The second-order valence-electron chi connectivity index (χ2n) is 6.09. The van der Waals surface area contributed by atoms with Gasteiger partial charge in [-0.3, -0.25) is 4.90 Å². The highest BCUT2D eigenvalue weighted by Crippen LogP contribution is 2.24. The van der Waals surface area contributed by atoms with Gasteiger partial charge in [0, 0.05) is 18.6 Å². The number of aliphatic hydroxyl groups is 1. The van der Waals surface area contributed by atoms with Crippen molar-refractivity contribution in [3.05, 3.63) is 0 Å². The summed E-state index contributed by atoms with van der Waals surface area (Å²) in [6.45, 7) is 12.2. The van der Waals surface area contributed by atoms with Crippen LogP contribution in [0.4, 0.5) is 0 Å². The van der Waals surface area contributed by atoms with Crippen molar-refractivity contribution in [3.8, 4) is 0 Å². The Labute approximate surface area is 106 Å². The van der Waals surface area contributed by atoms with E-state index in [1.807, 2.05) is 0 Å². The van der Waals surface area contributed by atoms with E-state index < -0.39 is 0 Å². The zero-order valence-corrected chi connectivity index (χ0v) is 11.9. The Hall–Kier alpha value is -0.120. The predicted molar refractivity (Wildman–Crippen MR) is 71.2 cm³/mol. The smallest absolute Gasteiger partial charge is 0.0718 e. The van der Waals surface area contributed by atoms with E-state index in [4.69, 9.17) is 4.74 Å². The molecule has 0 amide bonds. The van der Waals surface area contributed by atoms with Gasteiger partial charge in [0.05, 0.1) is 19.3 Å². The van der Waals surface area contributed by atoms with E-state index in [1.54, 1.807) is 0 Å². The van der Waals surface area contributed by atoms with Crippen LogP contribution in [0, 0.1) is 5.92 Å². The fourth-order valence-corrected chi connectivity index (χ4v) is 2.42. The average molecular weight is 243 g/mol. The van der Waals surface area contributed by atoms with Crippen LogP contribution in [0.15, 0.2) is 0 Å². The molecule has 1 atom stereocenters. The van der Waals surface area contributed by atoms with Crippen LogP contribution in [0.5, 0.6) is 0 Å². The molecular weight excluding hydrogens is 214 g/mol. The Morgan fingerprint density at radius 1 is 1.18 bits per heavy atom. The van der Waals surface area contributed by atoms with E-state index in [0.29, 0.717) is 0 Å². The minimum Gasteiger partial charge on any atom is -0.391 e. The molecule has 0 spiro atoms. The molecular formula is C14H29NO2. The number of hydrogen-bond acceptors (Lipinski definition) is 3. The Balaban J connectivity index is 2.38. The number of morpholine rings is 1. The van der Waals surface area contributed by atoms with E-state index in [1.165, 1.54) is 6.42 Å². The summed E-state index contributed by atoms with van der Waals surface area (Å²) in [5, 5.41) is 10.4. The van der Waals surface area contributed by atoms with Crippen LogP contribution in [0.1, 0.15) is 47.0 Å². The van der Waals surface area contributed by atoms with Gasteiger partial charge in [-0.15, -0.1) is 0 Å². The minimum atomic E-state index is -0.237. The summed E-state index contributed by atoms with van der Waals surface area (Å²) in [6.07, 6.45) is 2.99. The lowest BCUT2D eigenvalue weighted by Gasteiger charge is -2.43. The number of nitrogens with zero attached hydrogens (tertiary/aromatic N) is 1. The van der Waals surface area contributed by atoms with E-state index >= 15 is 0 Å². The van der Waals surface area contributed by atoms with Crippen molar-refractivity contribution in [2.45, 2.75) is 58.6 Å². The van der Waals surface area contributed by atoms with Gasteiger partial charge in [0.15, 0.2) is 0 Å². The highest BCUT2D eigenvalue weighted by atomic mass is 16.5. The van der Waals surface area contributed by atoms with Gasteiger partial charge >= 0.3 is 0 Å².